The van der Waals surface area contributed by atoms with Crippen molar-refractivity contribution in [2.75, 3.05) is 17.7 Å². The van der Waals surface area contributed by atoms with Gasteiger partial charge in [0, 0.05) is 17.9 Å². The molecule has 134 valence electrons. The molecule has 3 rings (SSSR count). The fourth-order valence-corrected chi connectivity index (χ4v) is 3.93. The Morgan fingerprint density at radius 3 is 2.46 bits per heavy atom. The van der Waals surface area contributed by atoms with Crippen LogP contribution in [0, 0.1) is 6.92 Å². The number of rotatable bonds is 5. The minimum atomic E-state index is -0.245. The van der Waals surface area contributed by atoms with E-state index in [2.05, 4.69) is 20.6 Å². The normalized spacial score (nSPS) is 10.4. The highest BCUT2D eigenvalue weighted by Crippen LogP contribution is 2.34. The van der Waals surface area contributed by atoms with E-state index in [1.54, 1.807) is 31.4 Å². The summed E-state index contributed by atoms with van der Waals surface area (Å²) >= 11 is 2.68. The van der Waals surface area contributed by atoms with Crippen molar-refractivity contribution in [2.45, 2.75) is 13.8 Å². The van der Waals surface area contributed by atoms with Crippen LogP contribution in [0.4, 0.5) is 10.3 Å². The van der Waals surface area contributed by atoms with Gasteiger partial charge in [-0.2, -0.15) is 0 Å². The average Bonchev–Trinajstić information content (AvgIpc) is 3.20. The average molecular weight is 388 g/mol. The second-order valence-electron chi connectivity index (χ2n) is 5.34. The highest BCUT2D eigenvalue weighted by atomic mass is 32.1. The Morgan fingerprint density at radius 1 is 1.08 bits per heavy atom. The number of nitrogens with zero attached hydrogens (tertiary/aromatic N) is 2. The number of carbonyl (C=O) groups excluding carboxylic acids is 2. The highest BCUT2D eigenvalue weighted by molar-refractivity contribution is 7.20. The standard InChI is InChI=1S/C17H16N4O3S2/c1-9-14(13-8-25-16(20-13)19-10(2)22)26-17(18-9)21-15(23)11-4-6-12(24-3)7-5-11/h4-8H,1-3H3,(H,18,21,23)(H,19,20,22). The van der Waals surface area contributed by atoms with Gasteiger partial charge in [-0.25, -0.2) is 9.97 Å². The summed E-state index contributed by atoms with van der Waals surface area (Å²) in [5.41, 5.74) is 2.00. The maximum Gasteiger partial charge on any atom is 0.257 e. The van der Waals surface area contributed by atoms with Crippen LogP contribution in [0.2, 0.25) is 0 Å². The summed E-state index contributed by atoms with van der Waals surface area (Å²) in [6, 6.07) is 6.84. The van der Waals surface area contributed by atoms with Crippen molar-refractivity contribution in [3.05, 3.63) is 40.9 Å². The van der Waals surface area contributed by atoms with Crippen LogP contribution in [0.25, 0.3) is 10.6 Å². The van der Waals surface area contributed by atoms with E-state index in [4.69, 9.17) is 4.74 Å². The molecule has 0 radical (unpaired) electrons. The number of thiazole rings is 2. The maximum atomic E-state index is 12.3. The van der Waals surface area contributed by atoms with Gasteiger partial charge in [-0.15, -0.1) is 11.3 Å². The van der Waals surface area contributed by atoms with Crippen molar-refractivity contribution in [1.29, 1.82) is 0 Å². The van der Waals surface area contributed by atoms with Gasteiger partial charge in [-0.3, -0.25) is 14.9 Å². The Kier molecular flexibility index (Phi) is 5.29. The van der Waals surface area contributed by atoms with Gasteiger partial charge < -0.3 is 10.1 Å². The first kappa shape index (κ1) is 18.0. The van der Waals surface area contributed by atoms with E-state index in [1.165, 1.54) is 29.6 Å². The molecule has 0 spiro atoms. The molecule has 0 bridgehead atoms. The van der Waals surface area contributed by atoms with Crippen molar-refractivity contribution >= 4 is 44.8 Å². The molecule has 2 aromatic heterocycles. The Bertz CT molecular complexity index is 947. The molecule has 0 saturated heterocycles. The van der Waals surface area contributed by atoms with E-state index in [-0.39, 0.29) is 11.8 Å². The minimum Gasteiger partial charge on any atom is -0.497 e. The van der Waals surface area contributed by atoms with E-state index in [1.807, 2.05) is 12.3 Å². The first-order chi connectivity index (χ1) is 12.5. The molecule has 2 amide bonds. The van der Waals surface area contributed by atoms with Crippen molar-refractivity contribution < 1.29 is 14.3 Å². The first-order valence-electron chi connectivity index (χ1n) is 7.62. The Morgan fingerprint density at radius 2 is 1.81 bits per heavy atom. The predicted molar refractivity (Wildman–Crippen MR) is 103 cm³/mol. The largest absolute Gasteiger partial charge is 0.497 e. The van der Waals surface area contributed by atoms with Crippen molar-refractivity contribution in [2.24, 2.45) is 0 Å². The zero-order chi connectivity index (χ0) is 18.7. The van der Waals surface area contributed by atoms with Gasteiger partial charge in [0.1, 0.15) is 5.75 Å². The number of hydrogen-bond donors (Lipinski definition) is 2. The summed E-state index contributed by atoms with van der Waals surface area (Å²) in [5.74, 6) is 0.275. The molecule has 0 unspecified atom stereocenters. The van der Waals surface area contributed by atoms with Crippen LogP contribution in [0.15, 0.2) is 29.6 Å². The molecule has 1 aromatic carbocycles. The number of hydrogen-bond acceptors (Lipinski definition) is 7. The summed E-state index contributed by atoms with van der Waals surface area (Å²) in [6.45, 7) is 3.29. The second kappa shape index (κ2) is 7.63. The summed E-state index contributed by atoms with van der Waals surface area (Å²) in [6.07, 6.45) is 0. The molecule has 3 aromatic rings. The Balaban J connectivity index is 1.76. The van der Waals surface area contributed by atoms with Crippen LogP contribution in [-0.4, -0.2) is 28.9 Å². The fraction of sp³-hybridized carbons (Fsp3) is 0.176. The lowest BCUT2D eigenvalue weighted by Gasteiger charge is -2.03. The molecular weight excluding hydrogens is 372 g/mol. The second-order valence-corrected chi connectivity index (χ2v) is 7.19. The molecule has 0 atom stereocenters. The van der Waals surface area contributed by atoms with Crippen LogP contribution in [0.5, 0.6) is 5.75 Å². The van der Waals surface area contributed by atoms with Crippen LogP contribution in [0.3, 0.4) is 0 Å². The minimum absolute atomic E-state index is 0.167. The molecule has 9 heteroatoms. The van der Waals surface area contributed by atoms with Gasteiger partial charge in [0.25, 0.3) is 5.91 Å². The SMILES string of the molecule is COc1ccc(C(=O)Nc2nc(C)c(-c3csc(NC(C)=O)n3)s2)cc1. The molecule has 26 heavy (non-hydrogen) atoms. The molecule has 0 saturated carbocycles. The van der Waals surface area contributed by atoms with Gasteiger partial charge in [0.05, 0.1) is 23.4 Å². The number of ether oxygens (including phenoxy) is 1. The smallest absolute Gasteiger partial charge is 0.257 e. The summed E-state index contributed by atoms with van der Waals surface area (Å²) in [5, 5.41) is 8.33. The molecule has 0 aliphatic heterocycles. The number of nitrogens with one attached hydrogen (secondary N) is 2. The molecular formula is C17H16N4O3S2. The number of carbonyl (C=O) groups is 2. The number of aromatic nitrogens is 2. The maximum absolute atomic E-state index is 12.3. The monoisotopic (exact) mass is 388 g/mol. The molecule has 0 fully saturated rings. The lowest BCUT2D eigenvalue weighted by molar-refractivity contribution is -0.114. The molecule has 7 nitrogen and oxygen atoms in total. The molecule has 0 aliphatic rings. The lowest BCUT2D eigenvalue weighted by atomic mass is 10.2. The van der Waals surface area contributed by atoms with Crippen LogP contribution < -0.4 is 15.4 Å². The van der Waals surface area contributed by atoms with Gasteiger partial charge in [-0.1, -0.05) is 11.3 Å². The van der Waals surface area contributed by atoms with E-state index in [9.17, 15) is 9.59 Å². The highest BCUT2D eigenvalue weighted by Gasteiger charge is 2.15. The number of benzene rings is 1. The van der Waals surface area contributed by atoms with E-state index >= 15 is 0 Å². The third-order valence-electron chi connectivity index (χ3n) is 3.39. The van der Waals surface area contributed by atoms with E-state index < -0.39 is 0 Å². The number of anilines is 2. The number of aryl methyl sites for hydroxylation is 1. The number of amides is 2. The Labute approximate surface area is 158 Å². The lowest BCUT2D eigenvalue weighted by Crippen LogP contribution is -2.11. The third-order valence-corrected chi connectivity index (χ3v) is 5.24. The van der Waals surface area contributed by atoms with E-state index in [0.29, 0.717) is 21.6 Å². The van der Waals surface area contributed by atoms with Crippen LogP contribution in [-0.2, 0) is 4.79 Å². The summed E-state index contributed by atoms with van der Waals surface area (Å²) < 4.78 is 5.09. The van der Waals surface area contributed by atoms with Crippen LogP contribution >= 0.6 is 22.7 Å². The quantitative estimate of drug-likeness (QED) is 0.693. The van der Waals surface area contributed by atoms with Gasteiger partial charge in [0.2, 0.25) is 5.91 Å². The van der Waals surface area contributed by atoms with Crippen molar-refractivity contribution in [3.8, 4) is 16.3 Å². The fourth-order valence-electron chi connectivity index (χ4n) is 2.19. The topological polar surface area (TPSA) is 93.2 Å². The van der Waals surface area contributed by atoms with Gasteiger partial charge in [0.15, 0.2) is 10.3 Å². The first-order valence-corrected chi connectivity index (χ1v) is 9.32. The van der Waals surface area contributed by atoms with Gasteiger partial charge >= 0.3 is 0 Å². The van der Waals surface area contributed by atoms with Gasteiger partial charge in [-0.05, 0) is 31.2 Å². The number of methoxy groups -OCH3 is 1. The molecule has 2 heterocycles. The third kappa shape index (κ3) is 4.06. The summed E-state index contributed by atoms with van der Waals surface area (Å²) in [4.78, 5) is 33.1. The Hall–Kier alpha value is -2.78. The molecule has 2 N–H and O–H groups in total. The van der Waals surface area contributed by atoms with E-state index in [0.717, 1.165) is 16.3 Å². The zero-order valence-electron chi connectivity index (χ0n) is 14.3. The molecule has 0 aliphatic carbocycles. The zero-order valence-corrected chi connectivity index (χ0v) is 16.0. The summed E-state index contributed by atoms with van der Waals surface area (Å²) in [7, 11) is 1.57. The van der Waals surface area contributed by atoms with Crippen LogP contribution in [0.1, 0.15) is 23.0 Å². The van der Waals surface area contributed by atoms with Crippen molar-refractivity contribution in [1.82, 2.24) is 9.97 Å². The predicted octanol–water partition coefficient (Wildman–Crippen LogP) is 3.79. The van der Waals surface area contributed by atoms with Crippen molar-refractivity contribution in [3.63, 3.8) is 0 Å².